The van der Waals surface area contributed by atoms with Crippen LogP contribution in [0.15, 0.2) is 27.8 Å². The van der Waals surface area contributed by atoms with E-state index >= 15 is 0 Å². The number of rotatable bonds is 4. The first kappa shape index (κ1) is 16.9. The monoisotopic (exact) mass is 343 g/mol. The van der Waals surface area contributed by atoms with Gasteiger partial charge in [-0.15, -0.1) is 5.10 Å². The standard InChI is InChI=1S/C17H21N5O3/c1-5-8-21-15(24)12-7-6-11(14(23)18-10(2)3)9-13(12)22-16(21)19-20(4)17(22)25/h6-7,9-10H,5,8H2,1-4H3,(H,18,23). The van der Waals surface area contributed by atoms with Crippen LogP contribution in [0, 0.1) is 0 Å². The van der Waals surface area contributed by atoms with Gasteiger partial charge in [0.15, 0.2) is 0 Å². The van der Waals surface area contributed by atoms with Gasteiger partial charge in [0.2, 0.25) is 5.78 Å². The van der Waals surface area contributed by atoms with Gasteiger partial charge in [0.25, 0.3) is 11.5 Å². The molecule has 0 saturated carbocycles. The summed E-state index contributed by atoms with van der Waals surface area (Å²) in [5.41, 5.74) is 0.213. The number of benzene rings is 1. The average Bonchev–Trinajstić information content (AvgIpc) is 2.85. The van der Waals surface area contributed by atoms with Crippen molar-refractivity contribution in [1.29, 1.82) is 0 Å². The van der Waals surface area contributed by atoms with E-state index in [1.807, 2.05) is 20.8 Å². The fraction of sp³-hybridized carbons (Fsp3) is 0.412. The zero-order valence-electron chi connectivity index (χ0n) is 14.7. The van der Waals surface area contributed by atoms with Crippen LogP contribution < -0.4 is 16.6 Å². The first-order valence-corrected chi connectivity index (χ1v) is 8.28. The lowest BCUT2D eigenvalue weighted by Crippen LogP contribution is -2.30. The number of aromatic nitrogens is 4. The smallest absolute Gasteiger partial charge is 0.350 e. The lowest BCUT2D eigenvalue weighted by Gasteiger charge is -2.11. The molecule has 0 aliphatic heterocycles. The Labute approximate surface area is 143 Å². The van der Waals surface area contributed by atoms with Crippen LogP contribution in [0.1, 0.15) is 37.6 Å². The number of hydrogen-bond acceptors (Lipinski definition) is 4. The third-order valence-corrected chi connectivity index (χ3v) is 3.99. The maximum atomic E-state index is 12.8. The van der Waals surface area contributed by atoms with Crippen LogP contribution in [0.25, 0.3) is 16.7 Å². The number of hydrogen-bond donors (Lipinski definition) is 1. The zero-order chi connectivity index (χ0) is 18.3. The highest BCUT2D eigenvalue weighted by molar-refractivity contribution is 5.98. The molecular formula is C17H21N5O3. The van der Waals surface area contributed by atoms with E-state index in [2.05, 4.69) is 10.4 Å². The number of carbonyl (C=O) groups excluding carboxylic acids is 1. The van der Waals surface area contributed by atoms with Gasteiger partial charge >= 0.3 is 5.69 Å². The van der Waals surface area contributed by atoms with Gasteiger partial charge in [0.05, 0.1) is 10.9 Å². The van der Waals surface area contributed by atoms with E-state index in [-0.39, 0.29) is 29.0 Å². The van der Waals surface area contributed by atoms with Crippen molar-refractivity contribution in [2.24, 2.45) is 7.05 Å². The van der Waals surface area contributed by atoms with Gasteiger partial charge in [-0.25, -0.2) is 13.9 Å². The van der Waals surface area contributed by atoms with Crippen molar-refractivity contribution in [3.8, 4) is 0 Å². The van der Waals surface area contributed by atoms with Crippen LogP contribution in [0.5, 0.6) is 0 Å². The van der Waals surface area contributed by atoms with Crippen molar-refractivity contribution in [2.75, 3.05) is 0 Å². The van der Waals surface area contributed by atoms with E-state index < -0.39 is 0 Å². The molecule has 0 atom stereocenters. The number of nitrogens with zero attached hydrogens (tertiary/aromatic N) is 4. The van der Waals surface area contributed by atoms with Crippen LogP contribution in [0.3, 0.4) is 0 Å². The maximum absolute atomic E-state index is 12.8. The first-order valence-electron chi connectivity index (χ1n) is 8.28. The van der Waals surface area contributed by atoms with Gasteiger partial charge in [-0.2, -0.15) is 0 Å². The van der Waals surface area contributed by atoms with Crippen molar-refractivity contribution >= 4 is 22.6 Å². The molecule has 132 valence electrons. The van der Waals surface area contributed by atoms with Crippen LogP contribution >= 0.6 is 0 Å². The Hall–Kier alpha value is -2.90. The molecule has 0 radical (unpaired) electrons. The summed E-state index contributed by atoms with van der Waals surface area (Å²) in [6.45, 7) is 6.15. The van der Waals surface area contributed by atoms with Crippen molar-refractivity contribution in [2.45, 2.75) is 39.8 Å². The predicted octanol–water partition coefficient (Wildman–Crippen LogP) is 0.896. The number of fused-ring (bicyclic) bond motifs is 3. The largest absolute Gasteiger partial charge is 0.351 e. The van der Waals surface area contributed by atoms with Crippen LogP contribution in [0.2, 0.25) is 0 Å². The molecule has 1 N–H and O–H groups in total. The highest BCUT2D eigenvalue weighted by Gasteiger charge is 2.17. The first-order chi connectivity index (χ1) is 11.8. The Bertz CT molecular complexity index is 1090. The zero-order valence-corrected chi connectivity index (χ0v) is 14.7. The van der Waals surface area contributed by atoms with E-state index in [1.165, 1.54) is 20.7 Å². The van der Waals surface area contributed by atoms with Gasteiger partial charge in [0, 0.05) is 25.2 Å². The van der Waals surface area contributed by atoms with Crippen molar-refractivity contribution in [3.05, 3.63) is 44.6 Å². The quantitative estimate of drug-likeness (QED) is 0.762. The molecule has 3 aromatic rings. The molecule has 8 heteroatoms. The molecule has 2 heterocycles. The van der Waals surface area contributed by atoms with Crippen LogP contribution in [-0.4, -0.2) is 30.7 Å². The minimum absolute atomic E-state index is 0.0121. The summed E-state index contributed by atoms with van der Waals surface area (Å²) in [5, 5.41) is 7.39. The lowest BCUT2D eigenvalue weighted by atomic mass is 10.1. The second-order valence-electron chi connectivity index (χ2n) is 6.36. The molecule has 0 unspecified atom stereocenters. The molecule has 0 spiro atoms. The molecule has 0 aliphatic rings. The molecule has 0 bridgehead atoms. The molecule has 1 aromatic carbocycles. The molecule has 0 aliphatic carbocycles. The highest BCUT2D eigenvalue weighted by atomic mass is 16.2. The van der Waals surface area contributed by atoms with Crippen molar-refractivity contribution in [1.82, 2.24) is 24.1 Å². The number of nitrogens with one attached hydrogen (secondary N) is 1. The summed E-state index contributed by atoms with van der Waals surface area (Å²) in [7, 11) is 1.54. The summed E-state index contributed by atoms with van der Waals surface area (Å²) in [6.07, 6.45) is 0.737. The van der Waals surface area contributed by atoms with Crippen LogP contribution in [0.4, 0.5) is 0 Å². The molecular weight excluding hydrogens is 322 g/mol. The fourth-order valence-corrected chi connectivity index (χ4v) is 2.88. The third-order valence-electron chi connectivity index (χ3n) is 3.99. The second kappa shape index (κ2) is 6.19. The summed E-state index contributed by atoms with van der Waals surface area (Å²) in [5.74, 6) is 0.0352. The third kappa shape index (κ3) is 2.73. The number of amides is 1. The van der Waals surface area contributed by atoms with Crippen LogP contribution in [-0.2, 0) is 13.6 Å². The summed E-state index contributed by atoms with van der Waals surface area (Å²) >= 11 is 0. The molecule has 0 saturated heterocycles. The molecule has 2 aromatic heterocycles. The van der Waals surface area contributed by atoms with E-state index in [0.29, 0.717) is 23.0 Å². The molecule has 8 nitrogen and oxygen atoms in total. The highest BCUT2D eigenvalue weighted by Crippen LogP contribution is 2.14. The Morgan fingerprint density at radius 1 is 1.28 bits per heavy atom. The van der Waals surface area contributed by atoms with Gasteiger partial charge in [-0.05, 0) is 38.5 Å². The normalized spacial score (nSPS) is 11.6. The van der Waals surface area contributed by atoms with Crippen molar-refractivity contribution < 1.29 is 4.79 Å². The maximum Gasteiger partial charge on any atom is 0.351 e. The van der Waals surface area contributed by atoms with E-state index in [4.69, 9.17) is 0 Å². The average molecular weight is 343 g/mol. The van der Waals surface area contributed by atoms with Gasteiger partial charge in [-0.3, -0.25) is 14.2 Å². The van der Waals surface area contributed by atoms with Crippen molar-refractivity contribution in [3.63, 3.8) is 0 Å². The molecule has 25 heavy (non-hydrogen) atoms. The Balaban J connectivity index is 2.39. The Morgan fingerprint density at radius 3 is 2.64 bits per heavy atom. The minimum atomic E-state index is -0.355. The predicted molar refractivity (Wildman–Crippen MR) is 95.1 cm³/mol. The fourth-order valence-electron chi connectivity index (χ4n) is 2.88. The van der Waals surface area contributed by atoms with E-state index in [0.717, 1.165) is 6.42 Å². The lowest BCUT2D eigenvalue weighted by molar-refractivity contribution is 0.0943. The number of carbonyl (C=O) groups is 1. The van der Waals surface area contributed by atoms with Gasteiger partial charge in [-0.1, -0.05) is 6.92 Å². The summed E-state index contributed by atoms with van der Waals surface area (Å²) in [6, 6.07) is 4.76. The summed E-state index contributed by atoms with van der Waals surface area (Å²) in [4.78, 5) is 37.6. The molecule has 1 amide bonds. The Kier molecular flexibility index (Phi) is 4.20. The Morgan fingerprint density at radius 2 is 2.00 bits per heavy atom. The molecule has 0 fully saturated rings. The second-order valence-corrected chi connectivity index (χ2v) is 6.36. The van der Waals surface area contributed by atoms with E-state index in [9.17, 15) is 14.4 Å². The van der Waals surface area contributed by atoms with E-state index in [1.54, 1.807) is 18.2 Å². The topological polar surface area (TPSA) is 90.4 Å². The minimum Gasteiger partial charge on any atom is -0.350 e. The molecule has 3 rings (SSSR count). The van der Waals surface area contributed by atoms with Gasteiger partial charge in [0.1, 0.15) is 0 Å². The number of aryl methyl sites for hydroxylation is 2. The van der Waals surface area contributed by atoms with Gasteiger partial charge < -0.3 is 5.32 Å². The summed E-state index contributed by atoms with van der Waals surface area (Å²) < 4.78 is 4.08. The SMILES string of the molecule is CCCn1c(=O)c2ccc(C(=O)NC(C)C)cc2n2c(=O)n(C)nc12.